The molecule has 0 saturated carbocycles. The summed E-state index contributed by atoms with van der Waals surface area (Å²) in [7, 11) is 0. The van der Waals surface area contributed by atoms with Gasteiger partial charge in [-0.15, -0.1) is 0 Å². The number of nitriles is 1. The van der Waals surface area contributed by atoms with Crippen molar-refractivity contribution in [3.8, 4) is 29.0 Å². The first-order valence-electron chi connectivity index (χ1n) is 7.49. The van der Waals surface area contributed by atoms with Gasteiger partial charge in [0.1, 0.15) is 0 Å². The van der Waals surface area contributed by atoms with Crippen LogP contribution in [0.4, 0.5) is 5.69 Å². The predicted molar refractivity (Wildman–Crippen MR) is 99.3 cm³/mol. The molecule has 124 valence electrons. The molecule has 1 aromatic heterocycles. The van der Waals surface area contributed by atoms with E-state index in [4.69, 9.17) is 9.78 Å². The first-order chi connectivity index (χ1) is 12.2. The molecule has 7 heteroatoms. The average molecular weight is 349 g/mol. The largest absolute Gasteiger partial charge is 0.334 e. The Kier molecular flexibility index (Phi) is 5.11. The Hall–Kier alpha value is -3.11. The van der Waals surface area contributed by atoms with Gasteiger partial charge in [-0.25, -0.2) is 4.99 Å². The Labute approximate surface area is 149 Å². The van der Waals surface area contributed by atoms with Crippen LogP contribution in [-0.2, 0) is 0 Å². The van der Waals surface area contributed by atoms with E-state index in [-0.39, 0.29) is 0 Å². The summed E-state index contributed by atoms with van der Waals surface area (Å²) < 4.78 is 5.41. The van der Waals surface area contributed by atoms with E-state index in [1.54, 1.807) is 0 Å². The summed E-state index contributed by atoms with van der Waals surface area (Å²) in [4.78, 5) is 8.88. The van der Waals surface area contributed by atoms with Gasteiger partial charge < -0.3 is 4.52 Å². The number of rotatable bonds is 3. The molecule has 0 spiro atoms. The van der Waals surface area contributed by atoms with Crippen molar-refractivity contribution in [2.75, 3.05) is 6.26 Å². The Balaban J connectivity index is 1.92. The Morgan fingerprint density at radius 3 is 2.84 bits per heavy atom. The highest BCUT2D eigenvalue weighted by Crippen LogP contribution is 2.27. The van der Waals surface area contributed by atoms with Crippen LogP contribution in [0, 0.1) is 18.4 Å². The van der Waals surface area contributed by atoms with Crippen molar-refractivity contribution in [1.29, 1.82) is 5.26 Å². The lowest BCUT2D eigenvalue weighted by Crippen LogP contribution is -2.12. The molecule has 2 aromatic carbocycles. The van der Waals surface area contributed by atoms with Crippen LogP contribution in [0.5, 0.6) is 0 Å². The number of benzene rings is 2. The summed E-state index contributed by atoms with van der Waals surface area (Å²) in [5.41, 5.74) is 3.49. The molecule has 0 amide bonds. The van der Waals surface area contributed by atoms with Crippen molar-refractivity contribution >= 4 is 22.6 Å². The molecule has 25 heavy (non-hydrogen) atoms. The zero-order chi connectivity index (χ0) is 17.6. The van der Waals surface area contributed by atoms with Gasteiger partial charge in [0.25, 0.3) is 5.89 Å². The number of amidine groups is 1. The molecule has 0 aliphatic carbocycles. The molecule has 0 saturated heterocycles. The number of hydrogen-bond donors (Lipinski definition) is 1. The third-order valence-corrected chi connectivity index (χ3v) is 4.07. The van der Waals surface area contributed by atoms with Gasteiger partial charge in [-0.2, -0.15) is 10.2 Å². The first-order valence-corrected chi connectivity index (χ1v) is 8.71. The Morgan fingerprint density at radius 2 is 2.08 bits per heavy atom. The minimum atomic E-state index is 0.425. The van der Waals surface area contributed by atoms with Gasteiger partial charge in [-0.3, -0.25) is 5.32 Å². The van der Waals surface area contributed by atoms with Crippen LogP contribution in [0.25, 0.3) is 22.8 Å². The summed E-state index contributed by atoms with van der Waals surface area (Å²) in [6, 6.07) is 15.3. The second kappa shape index (κ2) is 7.64. The van der Waals surface area contributed by atoms with Gasteiger partial charge in [-0.1, -0.05) is 47.3 Å². The molecule has 0 aliphatic rings. The molecule has 0 atom stereocenters. The quantitative estimate of drug-likeness (QED) is 0.331. The molecule has 6 nitrogen and oxygen atoms in total. The summed E-state index contributed by atoms with van der Waals surface area (Å²) in [5.74, 6) is 0.979. The fraction of sp³-hybridized carbons (Fsp3) is 0.111. The number of aliphatic imine (C=N–C) groups is 1. The highest BCUT2D eigenvalue weighted by molar-refractivity contribution is 8.13. The van der Waals surface area contributed by atoms with E-state index < -0.39 is 0 Å². The zero-order valence-electron chi connectivity index (χ0n) is 13.7. The molecule has 0 aliphatic heterocycles. The normalized spacial score (nSPS) is 11.2. The van der Waals surface area contributed by atoms with Crippen LogP contribution < -0.4 is 5.32 Å². The molecule has 0 radical (unpaired) electrons. The van der Waals surface area contributed by atoms with Crippen molar-refractivity contribution < 1.29 is 4.52 Å². The highest BCUT2D eigenvalue weighted by atomic mass is 32.2. The monoisotopic (exact) mass is 349 g/mol. The summed E-state index contributed by atoms with van der Waals surface area (Å²) in [6.07, 6.45) is 3.72. The lowest BCUT2D eigenvalue weighted by atomic mass is 10.1. The maximum atomic E-state index is 8.72. The summed E-state index contributed by atoms with van der Waals surface area (Å²) in [6.45, 7) is 2.01. The molecule has 0 unspecified atom stereocenters. The van der Waals surface area contributed by atoms with Gasteiger partial charge in [0.2, 0.25) is 5.82 Å². The fourth-order valence-corrected chi connectivity index (χ4v) is 2.62. The van der Waals surface area contributed by atoms with E-state index >= 15 is 0 Å². The number of nitrogens with one attached hydrogen (secondary N) is 1. The van der Waals surface area contributed by atoms with Crippen molar-refractivity contribution in [2.24, 2.45) is 4.99 Å². The maximum absolute atomic E-state index is 8.72. The van der Waals surface area contributed by atoms with Gasteiger partial charge in [0, 0.05) is 11.1 Å². The predicted octanol–water partition coefficient (Wildman–Crippen LogP) is 4.13. The van der Waals surface area contributed by atoms with Crippen LogP contribution in [0.2, 0.25) is 0 Å². The molecular weight excluding hydrogens is 334 g/mol. The zero-order valence-corrected chi connectivity index (χ0v) is 14.5. The topological polar surface area (TPSA) is 87.1 Å². The number of aromatic nitrogens is 2. The summed E-state index contributed by atoms with van der Waals surface area (Å²) >= 11 is 1.36. The van der Waals surface area contributed by atoms with Crippen molar-refractivity contribution in [1.82, 2.24) is 15.5 Å². The van der Waals surface area contributed by atoms with Crippen LogP contribution in [0.1, 0.15) is 5.56 Å². The number of thioether (sulfide) groups is 1. The smallest absolute Gasteiger partial charge is 0.258 e. The van der Waals surface area contributed by atoms with E-state index in [0.29, 0.717) is 22.6 Å². The third kappa shape index (κ3) is 3.87. The van der Waals surface area contributed by atoms with Crippen molar-refractivity contribution in [3.05, 3.63) is 54.1 Å². The van der Waals surface area contributed by atoms with Gasteiger partial charge >= 0.3 is 0 Å². The van der Waals surface area contributed by atoms with E-state index in [1.807, 2.05) is 67.9 Å². The van der Waals surface area contributed by atoms with Crippen LogP contribution >= 0.6 is 11.8 Å². The molecule has 1 N–H and O–H groups in total. The molecule has 1 heterocycles. The van der Waals surface area contributed by atoms with Crippen LogP contribution in [0.3, 0.4) is 0 Å². The lowest BCUT2D eigenvalue weighted by molar-refractivity contribution is 0.432. The van der Waals surface area contributed by atoms with Crippen molar-refractivity contribution in [3.63, 3.8) is 0 Å². The van der Waals surface area contributed by atoms with Crippen LogP contribution in [-0.4, -0.2) is 21.6 Å². The second-order valence-electron chi connectivity index (χ2n) is 5.15. The Bertz CT molecular complexity index is 958. The van der Waals surface area contributed by atoms with Gasteiger partial charge in [0.05, 0.1) is 5.69 Å². The van der Waals surface area contributed by atoms with E-state index in [2.05, 4.69) is 20.4 Å². The van der Waals surface area contributed by atoms with E-state index in [9.17, 15) is 0 Å². The average Bonchev–Trinajstić information content (AvgIpc) is 3.12. The molecule has 0 fully saturated rings. The number of aryl methyl sites for hydroxylation is 1. The first kappa shape index (κ1) is 16.7. The van der Waals surface area contributed by atoms with Gasteiger partial charge in [0.15, 0.2) is 11.4 Å². The molecule has 3 aromatic rings. The van der Waals surface area contributed by atoms with Gasteiger partial charge in [-0.05, 0) is 36.9 Å². The Morgan fingerprint density at radius 1 is 1.24 bits per heavy atom. The standard InChI is InChI=1S/C18H15N5OS/c1-12-6-3-4-9-15(12)16-22-17(24-23-16)13-7-5-8-14(10-13)21-18(25-2)20-11-19/h3-10H,1-2H3,(H,20,21). The molecular formula is C18H15N5OS. The minimum absolute atomic E-state index is 0.425. The maximum Gasteiger partial charge on any atom is 0.258 e. The van der Waals surface area contributed by atoms with E-state index in [1.165, 1.54) is 11.8 Å². The highest BCUT2D eigenvalue weighted by Gasteiger charge is 2.12. The number of hydrogen-bond acceptors (Lipinski definition) is 6. The second-order valence-corrected chi connectivity index (χ2v) is 5.94. The molecule has 0 bridgehead atoms. The lowest BCUT2D eigenvalue weighted by Gasteiger charge is -2.01. The van der Waals surface area contributed by atoms with Crippen molar-refractivity contribution in [2.45, 2.75) is 6.92 Å². The summed E-state index contributed by atoms with van der Waals surface area (Å²) in [5, 5.41) is 15.9. The molecule has 3 rings (SSSR count). The minimum Gasteiger partial charge on any atom is -0.334 e. The fourth-order valence-electron chi connectivity index (χ4n) is 2.27. The van der Waals surface area contributed by atoms with Crippen LogP contribution in [0.15, 0.2) is 58.0 Å². The van der Waals surface area contributed by atoms with E-state index in [0.717, 1.165) is 16.7 Å². The SMILES string of the molecule is CSC(=Nc1cccc(-c2nc(-c3ccccc3C)no2)c1)NC#N. The third-order valence-electron chi connectivity index (χ3n) is 3.49. The number of nitrogens with zero attached hydrogens (tertiary/aromatic N) is 4.